The van der Waals surface area contributed by atoms with Crippen molar-refractivity contribution in [3.05, 3.63) is 101 Å². The van der Waals surface area contributed by atoms with E-state index in [1.807, 2.05) is 83.8 Å². The molecular formula is C21H17ClN2O. The van der Waals surface area contributed by atoms with Crippen LogP contribution in [0.1, 0.15) is 27.7 Å². The van der Waals surface area contributed by atoms with E-state index in [2.05, 4.69) is 5.32 Å². The molecule has 3 aromatic rings. The first-order valence-corrected chi connectivity index (χ1v) is 8.57. The third-order valence-electron chi connectivity index (χ3n) is 4.42. The quantitative estimate of drug-likeness (QED) is 0.713. The number of anilines is 1. The van der Waals surface area contributed by atoms with Gasteiger partial charge >= 0.3 is 0 Å². The predicted octanol–water partition coefficient (Wildman–Crippen LogP) is 5.11. The zero-order valence-corrected chi connectivity index (χ0v) is 14.3. The summed E-state index contributed by atoms with van der Waals surface area (Å²) in [6, 6.07) is 25.2. The smallest absolute Gasteiger partial charge is 0.258 e. The molecule has 3 nitrogen and oxygen atoms in total. The van der Waals surface area contributed by atoms with Crippen molar-refractivity contribution >= 4 is 23.2 Å². The van der Waals surface area contributed by atoms with Crippen LogP contribution in [0, 0.1) is 0 Å². The van der Waals surface area contributed by atoms with E-state index in [1.54, 1.807) is 0 Å². The lowest BCUT2D eigenvalue weighted by atomic mass is 10.0. The number of fused-ring (bicyclic) bond motifs is 1. The molecule has 1 atom stereocenters. The zero-order chi connectivity index (χ0) is 17.2. The highest BCUT2D eigenvalue weighted by molar-refractivity contribution is 6.31. The van der Waals surface area contributed by atoms with E-state index in [0.717, 1.165) is 16.8 Å². The van der Waals surface area contributed by atoms with Gasteiger partial charge in [0.05, 0.1) is 5.56 Å². The van der Waals surface area contributed by atoms with Crippen LogP contribution in [0.5, 0.6) is 0 Å². The highest BCUT2D eigenvalue weighted by atomic mass is 35.5. The van der Waals surface area contributed by atoms with Crippen LogP contribution in [0.15, 0.2) is 78.9 Å². The van der Waals surface area contributed by atoms with Gasteiger partial charge in [0.2, 0.25) is 0 Å². The van der Waals surface area contributed by atoms with Crippen molar-refractivity contribution in [3.63, 3.8) is 0 Å². The summed E-state index contributed by atoms with van der Waals surface area (Å²) in [5, 5.41) is 4.12. The van der Waals surface area contributed by atoms with E-state index >= 15 is 0 Å². The molecule has 4 heteroatoms. The molecule has 1 unspecified atom stereocenters. The van der Waals surface area contributed by atoms with Crippen LogP contribution in [0.2, 0.25) is 5.02 Å². The predicted molar refractivity (Wildman–Crippen MR) is 101 cm³/mol. The molecule has 25 heavy (non-hydrogen) atoms. The minimum absolute atomic E-state index is 0.00289. The lowest BCUT2D eigenvalue weighted by molar-refractivity contribution is 0.0666. The fourth-order valence-electron chi connectivity index (χ4n) is 3.18. The summed E-state index contributed by atoms with van der Waals surface area (Å²) >= 11 is 6.42. The van der Waals surface area contributed by atoms with E-state index in [-0.39, 0.29) is 12.1 Å². The van der Waals surface area contributed by atoms with Crippen LogP contribution >= 0.6 is 11.6 Å². The molecule has 0 saturated heterocycles. The molecule has 0 aliphatic carbocycles. The average Bonchev–Trinajstić information content (AvgIpc) is 2.65. The monoisotopic (exact) mass is 348 g/mol. The van der Waals surface area contributed by atoms with E-state index in [9.17, 15) is 4.79 Å². The molecule has 0 radical (unpaired) electrons. The number of halogens is 1. The minimum atomic E-state index is -0.309. The van der Waals surface area contributed by atoms with Crippen LogP contribution < -0.4 is 5.32 Å². The summed E-state index contributed by atoms with van der Waals surface area (Å²) in [4.78, 5) is 15.0. The summed E-state index contributed by atoms with van der Waals surface area (Å²) in [6.07, 6.45) is -0.309. The van der Waals surface area contributed by atoms with Gasteiger partial charge < -0.3 is 10.2 Å². The van der Waals surface area contributed by atoms with Gasteiger partial charge in [-0.1, -0.05) is 72.3 Å². The Morgan fingerprint density at radius 3 is 2.36 bits per heavy atom. The summed E-state index contributed by atoms with van der Waals surface area (Å²) in [7, 11) is 0. The summed E-state index contributed by atoms with van der Waals surface area (Å²) in [5.41, 5.74) is 3.49. The number of carbonyl (C=O) groups excluding carboxylic acids is 1. The lowest BCUT2D eigenvalue weighted by Crippen LogP contribution is -2.42. The standard InChI is InChI=1S/C21H17ClN2O/c22-18-12-6-4-10-16(18)20-23-19-13-7-5-11-17(19)21(25)24(20)14-15-8-2-1-3-9-15/h1-13,20,23H,14H2. The van der Waals surface area contributed by atoms with Gasteiger partial charge in [-0.3, -0.25) is 4.79 Å². The van der Waals surface area contributed by atoms with E-state index in [1.165, 1.54) is 0 Å². The van der Waals surface area contributed by atoms with Crippen molar-refractivity contribution in [2.45, 2.75) is 12.7 Å². The summed E-state index contributed by atoms with van der Waals surface area (Å²) < 4.78 is 0. The largest absolute Gasteiger partial charge is 0.361 e. The number of rotatable bonds is 3. The van der Waals surface area contributed by atoms with Gasteiger partial charge in [0.1, 0.15) is 6.17 Å². The molecule has 1 heterocycles. The Morgan fingerprint density at radius 2 is 1.56 bits per heavy atom. The molecule has 0 spiro atoms. The molecule has 1 aliphatic heterocycles. The SMILES string of the molecule is O=C1c2ccccc2NC(c2ccccc2Cl)N1Cc1ccccc1. The number of benzene rings is 3. The lowest BCUT2D eigenvalue weighted by Gasteiger charge is -2.38. The highest BCUT2D eigenvalue weighted by Gasteiger charge is 2.33. The molecular weight excluding hydrogens is 332 g/mol. The molecule has 0 bridgehead atoms. The first-order chi connectivity index (χ1) is 12.2. The Balaban J connectivity index is 1.79. The number of hydrogen-bond acceptors (Lipinski definition) is 2. The number of carbonyl (C=O) groups is 1. The Morgan fingerprint density at radius 1 is 0.880 bits per heavy atom. The van der Waals surface area contributed by atoms with Gasteiger partial charge in [-0.15, -0.1) is 0 Å². The fourth-order valence-corrected chi connectivity index (χ4v) is 3.42. The Labute approximate surface area is 151 Å². The third-order valence-corrected chi connectivity index (χ3v) is 4.76. The number of nitrogens with zero attached hydrogens (tertiary/aromatic N) is 1. The van der Waals surface area contributed by atoms with Crippen LogP contribution in [0.25, 0.3) is 0 Å². The maximum atomic E-state index is 13.2. The van der Waals surface area contributed by atoms with Gasteiger partial charge in [0.25, 0.3) is 5.91 Å². The molecule has 1 aliphatic rings. The minimum Gasteiger partial charge on any atom is -0.361 e. The van der Waals surface area contributed by atoms with Crippen LogP contribution in [-0.2, 0) is 6.54 Å². The Hall–Kier alpha value is -2.78. The highest BCUT2D eigenvalue weighted by Crippen LogP contribution is 2.36. The number of amides is 1. The number of nitrogens with one attached hydrogen (secondary N) is 1. The van der Waals surface area contributed by atoms with E-state index < -0.39 is 0 Å². The first-order valence-electron chi connectivity index (χ1n) is 8.19. The molecule has 0 saturated carbocycles. The van der Waals surface area contributed by atoms with Crippen molar-refractivity contribution < 1.29 is 4.79 Å². The van der Waals surface area contributed by atoms with E-state index in [0.29, 0.717) is 17.1 Å². The van der Waals surface area contributed by atoms with Crippen molar-refractivity contribution in [1.29, 1.82) is 0 Å². The molecule has 3 aromatic carbocycles. The Bertz CT molecular complexity index is 911. The van der Waals surface area contributed by atoms with Crippen molar-refractivity contribution in [3.8, 4) is 0 Å². The van der Waals surface area contributed by atoms with Crippen molar-refractivity contribution in [2.75, 3.05) is 5.32 Å². The second-order valence-corrected chi connectivity index (χ2v) is 6.44. The molecule has 0 aromatic heterocycles. The second-order valence-electron chi connectivity index (χ2n) is 6.03. The molecule has 1 amide bonds. The Kier molecular flexibility index (Phi) is 4.16. The van der Waals surface area contributed by atoms with Gasteiger partial charge in [0, 0.05) is 22.8 Å². The van der Waals surface area contributed by atoms with Gasteiger partial charge in [0.15, 0.2) is 0 Å². The molecule has 4 rings (SSSR count). The second kappa shape index (κ2) is 6.61. The fraction of sp³-hybridized carbons (Fsp3) is 0.0952. The van der Waals surface area contributed by atoms with Crippen LogP contribution in [-0.4, -0.2) is 10.8 Å². The maximum absolute atomic E-state index is 13.2. The first kappa shape index (κ1) is 15.7. The van der Waals surface area contributed by atoms with Gasteiger partial charge in [-0.05, 0) is 23.8 Å². The average molecular weight is 349 g/mol. The van der Waals surface area contributed by atoms with Crippen molar-refractivity contribution in [2.24, 2.45) is 0 Å². The zero-order valence-electron chi connectivity index (χ0n) is 13.5. The number of para-hydroxylation sites is 1. The molecule has 1 N–H and O–H groups in total. The van der Waals surface area contributed by atoms with Crippen molar-refractivity contribution in [1.82, 2.24) is 4.90 Å². The normalized spacial score (nSPS) is 16.3. The van der Waals surface area contributed by atoms with E-state index in [4.69, 9.17) is 11.6 Å². The maximum Gasteiger partial charge on any atom is 0.258 e. The summed E-state index contributed by atoms with van der Waals surface area (Å²) in [5.74, 6) is 0.00289. The van der Waals surface area contributed by atoms with Gasteiger partial charge in [-0.25, -0.2) is 0 Å². The van der Waals surface area contributed by atoms with Gasteiger partial charge in [-0.2, -0.15) is 0 Å². The topological polar surface area (TPSA) is 32.3 Å². The number of hydrogen-bond donors (Lipinski definition) is 1. The molecule has 124 valence electrons. The third kappa shape index (κ3) is 2.99. The van der Waals surface area contributed by atoms with Crippen LogP contribution in [0.3, 0.4) is 0 Å². The summed E-state index contributed by atoms with van der Waals surface area (Å²) in [6.45, 7) is 0.511. The molecule has 0 fully saturated rings. The van der Waals surface area contributed by atoms with Crippen LogP contribution in [0.4, 0.5) is 5.69 Å².